The molecule has 1 heterocycles. The molecule has 1 aliphatic heterocycles. The van der Waals surface area contributed by atoms with Crippen LogP contribution in [0.4, 0.5) is 4.79 Å². The molecular weight excluding hydrogens is 361 g/mol. The summed E-state index contributed by atoms with van der Waals surface area (Å²) < 4.78 is 9.48. The SMILES string of the molecule is O=C([O-])NC(SC(Cl)(Cl)Cl)c1cccc2c1OCCCO2. The lowest BCUT2D eigenvalue weighted by Crippen LogP contribution is -2.38. The van der Waals surface area contributed by atoms with Gasteiger partial charge in [-0.3, -0.25) is 0 Å². The molecule has 2 rings (SSSR count). The predicted molar refractivity (Wildman–Crippen MR) is 81.2 cm³/mol. The monoisotopic (exact) mass is 370 g/mol. The fourth-order valence-electron chi connectivity index (χ4n) is 1.83. The zero-order chi connectivity index (χ0) is 15.5. The Hall–Kier alpha value is -0.690. The lowest BCUT2D eigenvalue weighted by molar-refractivity contribution is -0.251. The van der Waals surface area contributed by atoms with Crippen LogP contribution >= 0.6 is 46.6 Å². The van der Waals surface area contributed by atoms with Crippen molar-refractivity contribution in [3.8, 4) is 11.5 Å². The van der Waals surface area contributed by atoms with E-state index < -0.39 is 14.6 Å². The van der Waals surface area contributed by atoms with Gasteiger partial charge in [-0.05, 0) is 6.07 Å². The molecule has 9 heteroatoms. The minimum atomic E-state index is -1.71. The highest BCUT2D eigenvalue weighted by molar-refractivity contribution is 8.04. The van der Waals surface area contributed by atoms with Gasteiger partial charge in [-0.15, -0.1) is 0 Å². The van der Waals surface area contributed by atoms with Gasteiger partial charge in [0.25, 0.3) is 0 Å². The Bertz CT molecular complexity index is 524. The van der Waals surface area contributed by atoms with Gasteiger partial charge in [0.1, 0.15) is 11.5 Å². The van der Waals surface area contributed by atoms with E-state index in [9.17, 15) is 9.90 Å². The van der Waals surface area contributed by atoms with Crippen molar-refractivity contribution in [3.05, 3.63) is 23.8 Å². The molecule has 1 aromatic rings. The van der Waals surface area contributed by atoms with Gasteiger partial charge in [-0.25, -0.2) is 0 Å². The van der Waals surface area contributed by atoms with E-state index in [1.54, 1.807) is 18.2 Å². The maximum absolute atomic E-state index is 10.9. The second-order valence-corrected chi connectivity index (χ2v) is 8.37. The molecule has 1 atom stereocenters. The second kappa shape index (κ2) is 7.05. The minimum Gasteiger partial charge on any atom is -0.530 e. The van der Waals surface area contributed by atoms with Crippen LogP contribution in [0.25, 0.3) is 0 Å². The maximum atomic E-state index is 10.9. The Labute approximate surface area is 140 Å². The van der Waals surface area contributed by atoms with Gasteiger partial charge < -0.3 is 24.7 Å². The highest BCUT2D eigenvalue weighted by Crippen LogP contribution is 2.49. The molecule has 1 aromatic carbocycles. The van der Waals surface area contributed by atoms with Crippen LogP contribution in [0.2, 0.25) is 0 Å². The Morgan fingerprint density at radius 1 is 1.33 bits per heavy atom. The van der Waals surface area contributed by atoms with Gasteiger partial charge in [0.05, 0.1) is 13.2 Å². The van der Waals surface area contributed by atoms with E-state index in [2.05, 4.69) is 5.32 Å². The molecule has 0 saturated carbocycles. The number of carbonyl (C=O) groups is 1. The summed E-state index contributed by atoms with van der Waals surface area (Å²) in [5.74, 6) is 0.968. The van der Waals surface area contributed by atoms with Crippen LogP contribution in [0.5, 0.6) is 11.5 Å². The zero-order valence-corrected chi connectivity index (χ0v) is 13.7. The molecule has 0 saturated heterocycles. The van der Waals surface area contributed by atoms with E-state index in [1.165, 1.54) is 0 Å². The number of benzene rings is 1. The molecule has 0 bridgehead atoms. The van der Waals surface area contributed by atoms with E-state index in [-0.39, 0.29) is 0 Å². The molecule has 1 aliphatic rings. The minimum absolute atomic E-state index is 0.440. The van der Waals surface area contributed by atoms with Crippen molar-refractivity contribution in [2.75, 3.05) is 13.2 Å². The first-order chi connectivity index (χ1) is 9.87. The number of nitrogens with one attached hydrogen (secondary N) is 1. The molecule has 21 heavy (non-hydrogen) atoms. The number of amides is 1. The van der Waals surface area contributed by atoms with Crippen LogP contribution in [0.15, 0.2) is 18.2 Å². The number of ether oxygens (including phenoxy) is 2. The lowest BCUT2D eigenvalue weighted by atomic mass is 10.2. The van der Waals surface area contributed by atoms with E-state index in [0.29, 0.717) is 30.3 Å². The first-order valence-electron chi connectivity index (χ1n) is 5.97. The zero-order valence-electron chi connectivity index (χ0n) is 10.6. The summed E-state index contributed by atoms with van der Waals surface area (Å²) in [5, 5.41) is 12.2. The van der Waals surface area contributed by atoms with Crippen molar-refractivity contribution in [3.63, 3.8) is 0 Å². The van der Waals surface area contributed by atoms with E-state index in [0.717, 1.165) is 18.2 Å². The van der Waals surface area contributed by atoms with Crippen molar-refractivity contribution in [2.24, 2.45) is 0 Å². The maximum Gasteiger partial charge on any atom is 0.239 e. The van der Waals surface area contributed by atoms with Gasteiger partial charge in [0.15, 0.2) is 11.5 Å². The number of halogens is 3. The summed E-state index contributed by atoms with van der Waals surface area (Å²) in [6.07, 6.45) is -0.751. The smallest absolute Gasteiger partial charge is 0.239 e. The van der Waals surface area contributed by atoms with Crippen molar-refractivity contribution in [1.29, 1.82) is 0 Å². The van der Waals surface area contributed by atoms with Crippen LogP contribution in [0, 0.1) is 0 Å². The van der Waals surface area contributed by atoms with Crippen LogP contribution in [0.3, 0.4) is 0 Å². The Balaban J connectivity index is 2.37. The van der Waals surface area contributed by atoms with Crippen molar-refractivity contribution in [2.45, 2.75) is 14.9 Å². The van der Waals surface area contributed by atoms with Crippen LogP contribution < -0.4 is 19.9 Å². The van der Waals surface area contributed by atoms with Crippen molar-refractivity contribution < 1.29 is 19.4 Å². The molecule has 1 N–H and O–H groups in total. The summed E-state index contributed by atoms with van der Waals surface area (Å²) >= 11 is 18.0. The third kappa shape index (κ3) is 4.92. The van der Waals surface area contributed by atoms with Gasteiger partial charge in [0.2, 0.25) is 3.12 Å². The molecule has 5 nitrogen and oxygen atoms in total. The fourth-order valence-corrected chi connectivity index (χ4v) is 3.37. The largest absolute Gasteiger partial charge is 0.530 e. The Morgan fingerprint density at radius 3 is 2.71 bits per heavy atom. The number of hydrogen-bond donors (Lipinski definition) is 1. The van der Waals surface area contributed by atoms with E-state index in [4.69, 9.17) is 44.3 Å². The first kappa shape index (κ1) is 16.7. The molecule has 0 fully saturated rings. The number of thioether (sulfide) groups is 1. The quantitative estimate of drug-likeness (QED) is 0.653. The number of carboxylic acid groups (broad SMARTS) is 1. The molecule has 0 radical (unpaired) electrons. The summed E-state index contributed by atoms with van der Waals surface area (Å²) in [6.45, 7) is 0.979. The fraction of sp³-hybridized carbons (Fsp3) is 0.417. The van der Waals surface area contributed by atoms with Gasteiger partial charge in [0, 0.05) is 12.0 Å². The first-order valence-corrected chi connectivity index (χ1v) is 7.99. The predicted octanol–water partition coefficient (Wildman–Crippen LogP) is 2.84. The standard InChI is InChI=1S/C12H12Cl3NO4S/c13-12(14,15)21-10(16-11(17)18)7-3-1-4-8-9(7)20-6-2-5-19-8/h1,3-4,10,16H,2,5-6H2,(H,17,18)/p-1. The third-order valence-corrected chi connectivity index (χ3v) is 4.26. The topological polar surface area (TPSA) is 70.6 Å². The van der Waals surface area contributed by atoms with Crippen LogP contribution in [-0.4, -0.2) is 22.4 Å². The second-order valence-electron chi connectivity index (χ2n) is 4.10. The highest BCUT2D eigenvalue weighted by Gasteiger charge is 2.30. The number of carbonyl (C=O) groups excluding carboxylic acids is 1. The number of para-hydroxylation sites is 1. The Morgan fingerprint density at radius 2 is 2.05 bits per heavy atom. The van der Waals surface area contributed by atoms with Crippen LogP contribution in [0.1, 0.15) is 17.4 Å². The molecule has 1 amide bonds. The lowest BCUT2D eigenvalue weighted by Gasteiger charge is -2.25. The number of hydrogen-bond acceptors (Lipinski definition) is 5. The summed E-state index contributed by atoms with van der Waals surface area (Å²) in [6, 6.07) is 5.13. The normalized spacial score (nSPS) is 16.0. The number of rotatable bonds is 3. The molecule has 116 valence electrons. The molecule has 1 unspecified atom stereocenters. The average Bonchev–Trinajstić information content (AvgIpc) is 2.60. The van der Waals surface area contributed by atoms with Gasteiger partial charge >= 0.3 is 0 Å². The molecule has 0 spiro atoms. The molecular formula is C12H11Cl3NO4S-. The van der Waals surface area contributed by atoms with Crippen molar-refractivity contribution >= 4 is 52.7 Å². The van der Waals surface area contributed by atoms with E-state index >= 15 is 0 Å². The summed E-state index contributed by atoms with van der Waals surface area (Å²) in [7, 11) is 0. The molecule has 0 aromatic heterocycles. The number of alkyl halides is 3. The average molecular weight is 372 g/mol. The molecule has 0 aliphatic carbocycles. The van der Waals surface area contributed by atoms with Crippen molar-refractivity contribution in [1.82, 2.24) is 5.32 Å². The summed E-state index contributed by atoms with van der Waals surface area (Å²) in [5.41, 5.74) is 0.509. The van der Waals surface area contributed by atoms with Gasteiger partial charge in [-0.2, -0.15) is 0 Å². The summed E-state index contributed by atoms with van der Waals surface area (Å²) in [4.78, 5) is 10.9. The number of fused-ring (bicyclic) bond motifs is 1. The third-order valence-electron chi connectivity index (χ3n) is 2.58. The van der Waals surface area contributed by atoms with Gasteiger partial charge in [-0.1, -0.05) is 58.7 Å². The van der Waals surface area contributed by atoms with E-state index in [1.807, 2.05) is 0 Å². The Kier molecular flexibility index (Phi) is 5.60. The van der Waals surface area contributed by atoms with Crippen LogP contribution in [-0.2, 0) is 0 Å². The highest BCUT2D eigenvalue weighted by atomic mass is 35.6.